The summed E-state index contributed by atoms with van der Waals surface area (Å²) in [4.78, 5) is 14.2. The van der Waals surface area contributed by atoms with Crippen molar-refractivity contribution in [1.29, 1.82) is 0 Å². The number of nitro benzene ring substituents is 1. The van der Waals surface area contributed by atoms with Crippen LogP contribution in [0.15, 0.2) is 51.9 Å². The van der Waals surface area contributed by atoms with Crippen molar-refractivity contribution in [2.24, 2.45) is 5.14 Å². The molecular formula is C16H14ClN5O5S. The first-order valence-corrected chi connectivity index (χ1v) is 9.79. The first kappa shape index (κ1) is 19.7. The lowest BCUT2D eigenvalue weighted by Gasteiger charge is -2.07. The van der Waals surface area contributed by atoms with Crippen molar-refractivity contribution in [3.8, 4) is 11.4 Å². The summed E-state index contributed by atoms with van der Waals surface area (Å²) in [5.41, 5.74) is 0.580. The SMILES string of the molecule is NS(=O)(=O)c1cc(NCCc2nc(-c3ccc(Cl)cc3)no2)cc([N+](=O)[O-])c1. The number of benzene rings is 2. The molecule has 0 radical (unpaired) electrons. The second-order valence-electron chi connectivity index (χ2n) is 5.71. The predicted octanol–water partition coefficient (Wildman–Crippen LogP) is 2.60. The van der Waals surface area contributed by atoms with Crippen LogP contribution in [-0.4, -0.2) is 30.0 Å². The van der Waals surface area contributed by atoms with Crippen molar-refractivity contribution in [2.45, 2.75) is 11.3 Å². The van der Waals surface area contributed by atoms with Crippen LogP contribution in [0.2, 0.25) is 5.02 Å². The molecule has 0 unspecified atom stereocenters. The Morgan fingerprint density at radius 3 is 2.57 bits per heavy atom. The first-order valence-electron chi connectivity index (χ1n) is 7.87. The quantitative estimate of drug-likeness (QED) is 0.434. The van der Waals surface area contributed by atoms with Gasteiger partial charge in [-0.25, -0.2) is 13.6 Å². The van der Waals surface area contributed by atoms with E-state index in [0.717, 1.165) is 11.6 Å². The molecule has 3 aromatic rings. The Kier molecular flexibility index (Phi) is 5.58. The Hall–Kier alpha value is -3.02. The Bertz CT molecular complexity index is 1110. The van der Waals surface area contributed by atoms with Gasteiger partial charge in [0.2, 0.25) is 21.7 Å². The van der Waals surface area contributed by atoms with E-state index in [4.69, 9.17) is 21.3 Å². The van der Waals surface area contributed by atoms with E-state index in [1.807, 2.05) is 0 Å². The number of nitrogens with one attached hydrogen (secondary N) is 1. The highest BCUT2D eigenvalue weighted by atomic mass is 35.5. The molecule has 0 bridgehead atoms. The van der Waals surface area contributed by atoms with Crippen LogP contribution >= 0.6 is 11.6 Å². The summed E-state index contributed by atoms with van der Waals surface area (Å²) in [5.74, 6) is 0.744. The molecule has 1 heterocycles. The average molecular weight is 424 g/mol. The minimum Gasteiger partial charge on any atom is -0.384 e. The Labute approximate surface area is 164 Å². The van der Waals surface area contributed by atoms with Crippen molar-refractivity contribution in [3.63, 3.8) is 0 Å². The molecule has 0 aliphatic carbocycles. The van der Waals surface area contributed by atoms with Crippen LogP contribution in [0.25, 0.3) is 11.4 Å². The van der Waals surface area contributed by atoms with Crippen LogP contribution in [0.3, 0.4) is 0 Å². The third kappa shape index (κ3) is 4.82. The van der Waals surface area contributed by atoms with Gasteiger partial charge in [-0.3, -0.25) is 10.1 Å². The van der Waals surface area contributed by atoms with Crippen molar-refractivity contribution in [3.05, 3.63) is 63.5 Å². The number of nitrogens with two attached hydrogens (primary N) is 1. The molecule has 0 fully saturated rings. The summed E-state index contributed by atoms with van der Waals surface area (Å²) in [6.07, 6.45) is 0.313. The number of anilines is 1. The first-order chi connectivity index (χ1) is 13.2. The molecule has 0 aliphatic rings. The zero-order chi connectivity index (χ0) is 20.3. The number of primary sulfonamides is 1. The van der Waals surface area contributed by atoms with Crippen LogP contribution in [-0.2, 0) is 16.4 Å². The molecule has 0 spiro atoms. The van der Waals surface area contributed by atoms with Crippen LogP contribution in [0, 0.1) is 10.1 Å². The average Bonchev–Trinajstić information content (AvgIpc) is 3.10. The molecule has 0 atom stereocenters. The molecule has 146 valence electrons. The van der Waals surface area contributed by atoms with Gasteiger partial charge in [0.15, 0.2) is 0 Å². The lowest BCUT2D eigenvalue weighted by Crippen LogP contribution is -2.13. The summed E-state index contributed by atoms with van der Waals surface area (Å²) in [6, 6.07) is 10.3. The van der Waals surface area contributed by atoms with Gasteiger partial charge in [-0.15, -0.1) is 0 Å². The molecule has 10 nitrogen and oxygen atoms in total. The second-order valence-corrected chi connectivity index (χ2v) is 7.71. The van der Waals surface area contributed by atoms with Gasteiger partial charge in [0.25, 0.3) is 5.69 Å². The van der Waals surface area contributed by atoms with Gasteiger partial charge in [-0.2, -0.15) is 4.98 Å². The van der Waals surface area contributed by atoms with Crippen LogP contribution in [0.5, 0.6) is 0 Å². The number of nitrogens with zero attached hydrogens (tertiary/aromatic N) is 3. The summed E-state index contributed by atoms with van der Waals surface area (Å²) in [5, 5.41) is 23.4. The van der Waals surface area contributed by atoms with Crippen LogP contribution in [0.4, 0.5) is 11.4 Å². The number of halogens is 1. The lowest BCUT2D eigenvalue weighted by atomic mass is 10.2. The zero-order valence-electron chi connectivity index (χ0n) is 14.2. The maximum atomic E-state index is 11.5. The highest BCUT2D eigenvalue weighted by Crippen LogP contribution is 2.23. The van der Waals surface area contributed by atoms with E-state index in [9.17, 15) is 18.5 Å². The monoisotopic (exact) mass is 423 g/mol. The van der Waals surface area contributed by atoms with E-state index in [1.165, 1.54) is 12.1 Å². The number of sulfonamides is 1. The highest BCUT2D eigenvalue weighted by Gasteiger charge is 2.16. The molecule has 0 saturated heterocycles. The molecule has 0 amide bonds. The molecule has 28 heavy (non-hydrogen) atoms. The number of nitro groups is 1. The van der Waals surface area contributed by atoms with E-state index in [0.29, 0.717) is 23.2 Å². The predicted molar refractivity (Wildman–Crippen MR) is 101 cm³/mol. The van der Waals surface area contributed by atoms with Crippen molar-refractivity contribution >= 4 is 33.0 Å². The number of hydrogen-bond acceptors (Lipinski definition) is 8. The molecule has 2 aromatic carbocycles. The lowest BCUT2D eigenvalue weighted by molar-refractivity contribution is -0.385. The van der Waals surface area contributed by atoms with Gasteiger partial charge < -0.3 is 9.84 Å². The topological polar surface area (TPSA) is 154 Å². The van der Waals surface area contributed by atoms with Gasteiger partial charge in [0, 0.05) is 41.4 Å². The summed E-state index contributed by atoms with van der Waals surface area (Å²) in [6.45, 7) is 0.271. The summed E-state index contributed by atoms with van der Waals surface area (Å²) < 4.78 is 28.2. The third-order valence-corrected chi connectivity index (χ3v) is 4.81. The standard InChI is InChI=1S/C16H14ClN5O5S/c17-11-3-1-10(2-4-11)16-20-15(27-21-16)5-6-19-12-7-13(22(23)24)9-14(8-12)28(18,25)26/h1-4,7-9,19H,5-6H2,(H2,18,25,26). The van der Waals surface area contributed by atoms with E-state index >= 15 is 0 Å². The third-order valence-electron chi connectivity index (χ3n) is 3.67. The largest absolute Gasteiger partial charge is 0.384 e. The molecule has 12 heteroatoms. The normalized spacial score (nSPS) is 11.4. The highest BCUT2D eigenvalue weighted by molar-refractivity contribution is 7.89. The zero-order valence-corrected chi connectivity index (χ0v) is 15.8. The van der Waals surface area contributed by atoms with E-state index in [2.05, 4.69) is 15.5 Å². The van der Waals surface area contributed by atoms with E-state index in [1.54, 1.807) is 24.3 Å². The van der Waals surface area contributed by atoms with Crippen molar-refractivity contribution in [1.82, 2.24) is 10.1 Å². The van der Waals surface area contributed by atoms with Gasteiger partial charge in [0.05, 0.1) is 9.82 Å². The fraction of sp³-hybridized carbons (Fsp3) is 0.125. The van der Waals surface area contributed by atoms with E-state index in [-0.39, 0.29) is 17.1 Å². The second kappa shape index (κ2) is 7.92. The van der Waals surface area contributed by atoms with Gasteiger partial charge in [-0.05, 0) is 30.3 Å². The molecule has 0 aliphatic heterocycles. The van der Waals surface area contributed by atoms with E-state index < -0.39 is 20.6 Å². The van der Waals surface area contributed by atoms with Crippen molar-refractivity contribution in [2.75, 3.05) is 11.9 Å². The van der Waals surface area contributed by atoms with Crippen LogP contribution in [0.1, 0.15) is 5.89 Å². The summed E-state index contributed by atoms with van der Waals surface area (Å²) in [7, 11) is -4.08. The van der Waals surface area contributed by atoms with Crippen LogP contribution < -0.4 is 10.5 Å². The van der Waals surface area contributed by atoms with Gasteiger partial charge in [-0.1, -0.05) is 16.8 Å². The molecule has 3 rings (SSSR count). The number of non-ortho nitro benzene ring substituents is 1. The fourth-order valence-corrected chi connectivity index (χ4v) is 3.04. The van der Waals surface area contributed by atoms with Gasteiger partial charge >= 0.3 is 0 Å². The number of hydrogen-bond donors (Lipinski definition) is 2. The van der Waals surface area contributed by atoms with Gasteiger partial charge in [0.1, 0.15) is 0 Å². The maximum Gasteiger partial charge on any atom is 0.272 e. The summed E-state index contributed by atoms with van der Waals surface area (Å²) >= 11 is 5.84. The molecule has 3 N–H and O–H groups in total. The minimum atomic E-state index is -4.08. The fourth-order valence-electron chi connectivity index (χ4n) is 2.34. The number of rotatable bonds is 7. The molecule has 0 saturated carbocycles. The molecule has 1 aromatic heterocycles. The van der Waals surface area contributed by atoms with Crippen molar-refractivity contribution < 1.29 is 17.9 Å². The smallest absolute Gasteiger partial charge is 0.272 e. The number of aromatic nitrogens is 2. The Morgan fingerprint density at radius 2 is 1.93 bits per heavy atom. The Morgan fingerprint density at radius 1 is 1.21 bits per heavy atom. The maximum absolute atomic E-state index is 11.5. The Balaban J connectivity index is 1.69. The molecular weight excluding hydrogens is 410 g/mol. The minimum absolute atomic E-state index is 0.232.